The first kappa shape index (κ1) is 15.2. The Kier molecular flexibility index (Phi) is 9.86. The van der Waals surface area contributed by atoms with Crippen LogP contribution >= 0.6 is 0 Å². The van der Waals surface area contributed by atoms with Crippen LogP contribution in [0.2, 0.25) is 0 Å². The second-order valence-corrected chi connectivity index (χ2v) is 2.07. The molecule has 0 atom stereocenters. The van der Waals surface area contributed by atoms with E-state index in [4.69, 9.17) is 14.7 Å². The van der Waals surface area contributed by atoms with Gasteiger partial charge in [-0.15, -0.1) is 0 Å². The quantitative estimate of drug-likeness (QED) is 0.497. The van der Waals surface area contributed by atoms with E-state index >= 15 is 0 Å². The van der Waals surface area contributed by atoms with E-state index in [1.165, 1.54) is 0 Å². The summed E-state index contributed by atoms with van der Waals surface area (Å²) in [6.45, 7) is 3.17. The Balaban J connectivity index is 0. The molecule has 0 aliphatic heterocycles. The highest BCUT2D eigenvalue weighted by Crippen LogP contribution is 1.88. The van der Waals surface area contributed by atoms with Gasteiger partial charge in [-0.25, -0.2) is 4.79 Å². The number of hydrogen-bond acceptors (Lipinski definition) is 5. The van der Waals surface area contributed by atoms with Gasteiger partial charge < -0.3 is 5.11 Å². The molecule has 0 amide bonds. The summed E-state index contributed by atoms with van der Waals surface area (Å²) in [5, 5.41) is 8.11. The molecule has 0 spiro atoms. The zero-order valence-corrected chi connectivity index (χ0v) is 7.63. The Morgan fingerprint density at radius 3 is 1.93 bits per heavy atom. The molecule has 0 unspecified atom stereocenters. The Hall–Kier alpha value is -2.33. The van der Waals surface area contributed by atoms with Gasteiger partial charge >= 0.3 is 12.1 Å². The Bertz CT molecular complexity index is 319. The summed E-state index contributed by atoms with van der Waals surface area (Å²) in [5.41, 5.74) is 0. The fraction of sp³-hybridized carbons (Fsp3) is 0.111. The SMILES string of the molecule is C=CC(=O)CC(=O)/C=C/C(=O)O.O=C=O. The van der Waals surface area contributed by atoms with Crippen molar-refractivity contribution in [3.8, 4) is 0 Å². The smallest absolute Gasteiger partial charge is 0.373 e. The number of carboxylic acids is 1. The third-order valence-electron chi connectivity index (χ3n) is 0.988. The molecule has 0 saturated carbocycles. The minimum atomic E-state index is -1.21. The highest BCUT2D eigenvalue weighted by molar-refractivity contribution is 6.09. The molecule has 0 aromatic rings. The van der Waals surface area contributed by atoms with Gasteiger partial charge in [0.1, 0.15) is 0 Å². The largest absolute Gasteiger partial charge is 0.478 e. The van der Waals surface area contributed by atoms with Crippen LogP contribution in [0.25, 0.3) is 0 Å². The average molecular weight is 212 g/mol. The minimum absolute atomic E-state index is 0.250. The van der Waals surface area contributed by atoms with Gasteiger partial charge in [-0.2, -0.15) is 9.59 Å². The molecular formula is C9H8O6. The number of allylic oxidation sites excluding steroid dienone is 2. The van der Waals surface area contributed by atoms with Crippen molar-refractivity contribution in [2.75, 3.05) is 0 Å². The van der Waals surface area contributed by atoms with Crippen LogP contribution in [-0.4, -0.2) is 28.8 Å². The lowest BCUT2D eigenvalue weighted by Gasteiger charge is -1.87. The van der Waals surface area contributed by atoms with E-state index in [-0.39, 0.29) is 12.6 Å². The van der Waals surface area contributed by atoms with Crippen LogP contribution in [0.1, 0.15) is 6.42 Å². The zero-order chi connectivity index (χ0) is 12.3. The molecule has 80 valence electrons. The first-order chi connectivity index (χ1) is 6.97. The fourth-order valence-corrected chi connectivity index (χ4v) is 0.467. The second kappa shape index (κ2) is 9.76. The van der Waals surface area contributed by atoms with Crippen molar-refractivity contribution in [2.24, 2.45) is 0 Å². The van der Waals surface area contributed by atoms with Gasteiger partial charge in [0.15, 0.2) is 11.6 Å². The summed E-state index contributed by atoms with van der Waals surface area (Å²) in [5.74, 6) is -2.17. The summed E-state index contributed by atoms with van der Waals surface area (Å²) in [6.07, 6.45) is 2.49. The van der Waals surface area contributed by atoms with Crippen molar-refractivity contribution in [2.45, 2.75) is 6.42 Å². The summed E-state index contributed by atoms with van der Waals surface area (Å²) in [7, 11) is 0. The molecule has 1 N–H and O–H groups in total. The zero-order valence-electron chi connectivity index (χ0n) is 7.63. The van der Waals surface area contributed by atoms with Crippen LogP contribution in [0.3, 0.4) is 0 Å². The van der Waals surface area contributed by atoms with Gasteiger partial charge in [0.05, 0.1) is 6.42 Å². The van der Waals surface area contributed by atoms with Crippen molar-refractivity contribution >= 4 is 23.7 Å². The maximum atomic E-state index is 10.7. The molecule has 0 aliphatic carbocycles. The van der Waals surface area contributed by atoms with E-state index in [0.29, 0.717) is 6.08 Å². The number of aliphatic carboxylic acids is 1. The molecule has 0 saturated heterocycles. The highest BCUT2D eigenvalue weighted by atomic mass is 16.4. The molecule has 0 aromatic heterocycles. The Labute approximate surface area is 84.9 Å². The monoisotopic (exact) mass is 212 g/mol. The normalized spacial score (nSPS) is 8.27. The highest BCUT2D eigenvalue weighted by Gasteiger charge is 2.02. The number of ketones is 2. The summed E-state index contributed by atoms with van der Waals surface area (Å²) in [6, 6.07) is 0. The van der Waals surface area contributed by atoms with E-state index in [0.717, 1.165) is 12.2 Å². The lowest BCUT2D eigenvalue weighted by atomic mass is 10.2. The van der Waals surface area contributed by atoms with Crippen molar-refractivity contribution in [3.05, 3.63) is 24.8 Å². The number of carboxylic acid groups (broad SMARTS) is 1. The summed E-state index contributed by atoms with van der Waals surface area (Å²) in [4.78, 5) is 47.4. The van der Waals surface area contributed by atoms with Crippen molar-refractivity contribution in [1.82, 2.24) is 0 Å². The van der Waals surface area contributed by atoms with Crippen molar-refractivity contribution in [3.63, 3.8) is 0 Å². The third-order valence-corrected chi connectivity index (χ3v) is 0.988. The van der Waals surface area contributed by atoms with E-state index in [2.05, 4.69) is 6.58 Å². The first-order valence-corrected chi connectivity index (χ1v) is 3.56. The average Bonchev–Trinajstić information content (AvgIpc) is 2.16. The van der Waals surface area contributed by atoms with Crippen LogP contribution in [0, 0.1) is 0 Å². The van der Waals surface area contributed by atoms with Gasteiger partial charge in [0, 0.05) is 6.08 Å². The molecule has 0 aliphatic rings. The van der Waals surface area contributed by atoms with E-state index in [1.807, 2.05) is 0 Å². The van der Waals surface area contributed by atoms with Gasteiger partial charge in [-0.1, -0.05) is 6.58 Å². The van der Waals surface area contributed by atoms with E-state index in [1.54, 1.807) is 0 Å². The molecule has 0 fully saturated rings. The van der Waals surface area contributed by atoms with E-state index in [9.17, 15) is 14.4 Å². The number of hydrogen-bond donors (Lipinski definition) is 1. The lowest BCUT2D eigenvalue weighted by Crippen LogP contribution is -2.02. The predicted molar refractivity (Wildman–Crippen MR) is 46.6 cm³/mol. The van der Waals surface area contributed by atoms with Crippen molar-refractivity contribution < 1.29 is 29.1 Å². The molecule has 0 bridgehead atoms. The minimum Gasteiger partial charge on any atom is -0.478 e. The Morgan fingerprint density at radius 1 is 1.13 bits per heavy atom. The van der Waals surface area contributed by atoms with Crippen LogP contribution in [0.4, 0.5) is 0 Å². The second-order valence-electron chi connectivity index (χ2n) is 2.07. The molecule has 15 heavy (non-hydrogen) atoms. The number of carbonyl (C=O) groups excluding carboxylic acids is 4. The molecule has 0 radical (unpaired) electrons. The maximum Gasteiger partial charge on any atom is 0.373 e. The molecule has 0 aromatic carbocycles. The first-order valence-electron chi connectivity index (χ1n) is 3.56. The van der Waals surface area contributed by atoms with Crippen molar-refractivity contribution in [1.29, 1.82) is 0 Å². The van der Waals surface area contributed by atoms with Crippen LogP contribution < -0.4 is 0 Å². The Morgan fingerprint density at radius 2 is 1.60 bits per heavy atom. The summed E-state index contributed by atoms with van der Waals surface area (Å²) < 4.78 is 0. The fourth-order valence-electron chi connectivity index (χ4n) is 0.467. The van der Waals surface area contributed by atoms with Gasteiger partial charge in [-0.3, -0.25) is 9.59 Å². The standard InChI is InChI=1S/C8H8O4.CO2/c1-2-6(9)5-7(10)3-4-8(11)12;2-1-3/h2-4H,1,5H2,(H,11,12);/b4-3+;. The third kappa shape index (κ3) is 14.5. The molecule has 0 rings (SSSR count). The van der Waals surface area contributed by atoms with Gasteiger partial charge in [-0.05, 0) is 12.2 Å². The van der Waals surface area contributed by atoms with Crippen LogP contribution in [0.5, 0.6) is 0 Å². The van der Waals surface area contributed by atoms with Gasteiger partial charge in [0.25, 0.3) is 0 Å². The van der Waals surface area contributed by atoms with Crippen LogP contribution in [-0.2, 0) is 24.0 Å². The molecule has 6 nitrogen and oxygen atoms in total. The molecular weight excluding hydrogens is 204 g/mol. The molecule has 6 heteroatoms. The molecule has 0 heterocycles. The summed E-state index contributed by atoms with van der Waals surface area (Å²) >= 11 is 0. The topological polar surface area (TPSA) is 106 Å². The lowest BCUT2D eigenvalue weighted by molar-refractivity contribution is -0.191. The number of rotatable bonds is 5. The van der Waals surface area contributed by atoms with Crippen LogP contribution in [0.15, 0.2) is 24.8 Å². The van der Waals surface area contributed by atoms with Gasteiger partial charge in [0.2, 0.25) is 0 Å². The number of carbonyl (C=O) groups is 3. The predicted octanol–water partition coefficient (Wildman–Crippen LogP) is -0.242. The maximum absolute atomic E-state index is 10.7. The van der Waals surface area contributed by atoms with E-state index < -0.39 is 17.5 Å².